The van der Waals surface area contributed by atoms with Crippen molar-refractivity contribution in [3.8, 4) is 11.1 Å². The van der Waals surface area contributed by atoms with E-state index < -0.39 is 0 Å². The summed E-state index contributed by atoms with van der Waals surface area (Å²) in [4.78, 5) is 7.49. The van der Waals surface area contributed by atoms with E-state index >= 15 is 0 Å². The summed E-state index contributed by atoms with van der Waals surface area (Å²) >= 11 is 6.06. The van der Waals surface area contributed by atoms with Crippen LogP contribution >= 0.6 is 11.6 Å². The van der Waals surface area contributed by atoms with Crippen molar-refractivity contribution in [2.45, 2.75) is 6.92 Å². The second-order valence-corrected chi connectivity index (χ2v) is 4.50. The fraction of sp³-hybridized carbons (Fsp3) is 0.0714. The number of fused-ring (bicyclic) bond motifs is 1. The van der Waals surface area contributed by atoms with Crippen LogP contribution in [0.5, 0.6) is 0 Å². The molecule has 3 rings (SSSR count). The van der Waals surface area contributed by atoms with Crippen molar-refractivity contribution < 1.29 is 0 Å². The van der Waals surface area contributed by atoms with E-state index in [4.69, 9.17) is 11.6 Å². The molecule has 0 saturated carbocycles. The minimum atomic E-state index is 0.748. The predicted octanol–water partition coefficient (Wildman–Crippen LogP) is 4.19. The highest BCUT2D eigenvalue weighted by molar-refractivity contribution is 6.31. The Bertz CT molecular complexity index is 686. The first kappa shape index (κ1) is 10.4. The van der Waals surface area contributed by atoms with E-state index in [1.54, 1.807) is 6.33 Å². The molecular weight excluding hydrogens is 232 g/mol. The summed E-state index contributed by atoms with van der Waals surface area (Å²) in [7, 11) is 0. The van der Waals surface area contributed by atoms with Crippen molar-refractivity contribution in [3.63, 3.8) is 0 Å². The first-order valence-corrected chi connectivity index (χ1v) is 5.82. The van der Waals surface area contributed by atoms with Crippen LogP contribution in [0, 0.1) is 6.92 Å². The molecule has 0 unspecified atom stereocenters. The zero-order chi connectivity index (χ0) is 11.8. The molecule has 17 heavy (non-hydrogen) atoms. The lowest BCUT2D eigenvalue weighted by atomic mass is 9.99. The van der Waals surface area contributed by atoms with E-state index in [-0.39, 0.29) is 0 Å². The summed E-state index contributed by atoms with van der Waals surface area (Å²) < 4.78 is 0. The Balaban J connectivity index is 2.34. The van der Waals surface area contributed by atoms with Crippen LogP contribution in [0.2, 0.25) is 5.02 Å². The largest absolute Gasteiger partial charge is 0.345 e. The van der Waals surface area contributed by atoms with Gasteiger partial charge in [0.1, 0.15) is 0 Å². The number of aromatic nitrogens is 2. The van der Waals surface area contributed by atoms with Crippen LogP contribution in [0.3, 0.4) is 0 Å². The lowest BCUT2D eigenvalue weighted by Crippen LogP contribution is -1.85. The standard InChI is InChI=1S/C14H11ClN2/c1-9-5-6-10(15)7-12(9)11-3-2-4-13-14(11)17-8-16-13/h2-8H,1H3,(H,16,17). The number of halogens is 1. The van der Waals surface area contributed by atoms with Gasteiger partial charge < -0.3 is 4.98 Å². The number of aromatic amines is 1. The van der Waals surface area contributed by atoms with Gasteiger partial charge in [0.25, 0.3) is 0 Å². The van der Waals surface area contributed by atoms with Crippen LogP contribution < -0.4 is 0 Å². The molecule has 1 N–H and O–H groups in total. The molecule has 3 aromatic rings. The molecule has 0 spiro atoms. The van der Waals surface area contributed by atoms with Gasteiger partial charge in [-0.25, -0.2) is 4.98 Å². The second-order valence-electron chi connectivity index (χ2n) is 4.06. The molecule has 84 valence electrons. The number of nitrogens with one attached hydrogen (secondary N) is 1. The van der Waals surface area contributed by atoms with E-state index in [0.29, 0.717) is 0 Å². The third kappa shape index (κ3) is 1.71. The van der Waals surface area contributed by atoms with Crippen LogP contribution in [0.4, 0.5) is 0 Å². The number of hydrogen-bond donors (Lipinski definition) is 1. The molecule has 0 bridgehead atoms. The molecular formula is C14H11ClN2. The van der Waals surface area contributed by atoms with Gasteiger partial charge in [-0.15, -0.1) is 0 Å². The quantitative estimate of drug-likeness (QED) is 0.681. The van der Waals surface area contributed by atoms with E-state index in [2.05, 4.69) is 23.0 Å². The number of nitrogens with zero attached hydrogens (tertiary/aromatic N) is 1. The van der Waals surface area contributed by atoms with Gasteiger partial charge in [-0.1, -0.05) is 29.8 Å². The highest BCUT2D eigenvalue weighted by Gasteiger charge is 2.08. The number of hydrogen-bond acceptors (Lipinski definition) is 1. The Labute approximate surface area is 104 Å². The van der Waals surface area contributed by atoms with E-state index in [9.17, 15) is 0 Å². The van der Waals surface area contributed by atoms with Gasteiger partial charge >= 0.3 is 0 Å². The smallest absolute Gasteiger partial charge is 0.0960 e. The van der Waals surface area contributed by atoms with Gasteiger partial charge in [-0.2, -0.15) is 0 Å². The van der Waals surface area contributed by atoms with Gasteiger partial charge in [0, 0.05) is 10.6 Å². The highest BCUT2D eigenvalue weighted by atomic mass is 35.5. The van der Waals surface area contributed by atoms with Crippen molar-refractivity contribution in [1.82, 2.24) is 9.97 Å². The fourth-order valence-corrected chi connectivity index (χ4v) is 2.24. The SMILES string of the molecule is Cc1ccc(Cl)cc1-c1cccc2[nH]cnc12. The van der Waals surface area contributed by atoms with Crippen molar-refractivity contribution >= 4 is 22.6 Å². The van der Waals surface area contributed by atoms with E-state index in [1.165, 1.54) is 5.56 Å². The minimum Gasteiger partial charge on any atom is -0.345 e. The third-order valence-electron chi connectivity index (χ3n) is 2.94. The molecule has 2 aromatic carbocycles. The Kier molecular flexibility index (Phi) is 2.37. The fourth-order valence-electron chi connectivity index (χ4n) is 2.07. The van der Waals surface area contributed by atoms with Crippen LogP contribution in [0.25, 0.3) is 22.2 Å². The Morgan fingerprint density at radius 2 is 2.00 bits per heavy atom. The highest BCUT2D eigenvalue weighted by Crippen LogP contribution is 2.30. The maximum Gasteiger partial charge on any atom is 0.0960 e. The maximum atomic E-state index is 6.06. The summed E-state index contributed by atoms with van der Waals surface area (Å²) in [5.41, 5.74) is 5.48. The average Bonchev–Trinajstić information content (AvgIpc) is 2.80. The van der Waals surface area contributed by atoms with Crippen molar-refractivity contribution in [1.29, 1.82) is 0 Å². The van der Waals surface area contributed by atoms with Crippen LogP contribution in [-0.4, -0.2) is 9.97 Å². The molecule has 0 aliphatic heterocycles. The van der Waals surface area contributed by atoms with Crippen molar-refractivity contribution in [3.05, 3.63) is 53.3 Å². The van der Waals surface area contributed by atoms with E-state index in [0.717, 1.165) is 27.2 Å². The molecule has 3 heteroatoms. The van der Waals surface area contributed by atoms with Crippen LogP contribution in [0.15, 0.2) is 42.7 Å². The third-order valence-corrected chi connectivity index (χ3v) is 3.17. The summed E-state index contributed by atoms with van der Waals surface area (Å²) in [5, 5.41) is 0.748. The lowest BCUT2D eigenvalue weighted by molar-refractivity contribution is 1.34. The molecule has 0 atom stereocenters. The average molecular weight is 243 g/mol. The summed E-state index contributed by atoms with van der Waals surface area (Å²) in [6, 6.07) is 12.0. The minimum absolute atomic E-state index is 0.748. The number of benzene rings is 2. The zero-order valence-corrected chi connectivity index (χ0v) is 10.1. The Morgan fingerprint density at radius 3 is 2.88 bits per heavy atom. The number of aryl methyl sites for hydroxylation is 1. The zero-order valence-electron chi connectivity index (χ0n) is 9.37. The monoisotopic (exact) mass is 242 g/mol. The van der Waals surface area contributed by atoms with Gasteiger partial charge in [0.2, 0.25) is 0 Å². The summed E-state index contributed by atoms with van der Waals surface area (Å²) in [5.74, 6) is 0. The molecule has 1 heterocycles. The molecule has 0 fully saturated rings. The van der Waals surface area contributed by atoms with Crippen LogP contribution in [-0.2, 0) is 0 Å². The second kappa shape index (κ2) is 3.90. The molecule has 0 aliphatic rings. The van der Waals surface area contributed by atoms with Crippen LogP contribution in [0.1, 0.15) is 5.56 Å². The number of imidazole rings is 1. The first-order chi connectivity index (χ1) is 8.25. The lowest BCUT2D eigenvalue weighted by Gasteiger charge is -2.07. The maximum absolute atomic E-state index is 6.06. The number of para-hydroxylation sites is 1. The Morgan fingerprint density at radius 1 is 1.12 bits per heavy atom. The van der Waals surface area contributed by atoms with Gasteiger partial charge in [-0.3, -0.25) is 0 Å². The normalized spacial score (nSPS) is 10.9. The number of rotatable bonds is 1. The van der Waals surface area contributed by atoms with Crippen molar-refractivity contribution in [2.75, 3.05) is 0 Å². The number of H-pyrrole nitrogens is 1. The summed E-state index contributed by atoms with van der Waals surface area (Å²) in [6.45, 7) is 2.08. The Hall–Kier alpha value is -1.80. The van der Waals surface area contributed by atoms with E-state index in [1.807, 2.05) is 30.3 Å². The molecule has 0 radical (unpaired) electrons. The topological polar surface area (TPSA) is 28.7 Å². The molecule has 1 aromatic heterocycles. The summed E-state index contributed by atoms with van der Waals surface area (Å²) in [6.07, 6.45) is 1.72. The molecule has 0 aliphatic carbocycles. The van der Waals surface area contributed by atoms with Crippen molar-refractivity contribution in [2.24, 2.45) is 0 Å². The van der Waals surface area contributed by atoms with Gasteiger partial charge in [-0.05, 0) is 36.2 Å². The van der Waals surface area contributed by atoms with Gasteiger partial charge in [0.15, 0.2) is 0 Å². The first-order valence-electron chi connectivity index (χ1n) is 5.44. The molecule has 0 saturated heterocycles. The molecule has 0 amide bonds. The van der Waals surface area contributed by atoms with Gasteiger partial charge in [0.05, 0.1) is 17.4 Å². The molecule has 2 nitrogen and oxygen atoms in total. The predicted molar refractivity (Wildman–Crippen MR) is 71.3 cm³/mol.